The second-order valence-electron chi connectivity index (χ2n) is 23.7. The average Bonchev–Trinajstić information content (AvgIpc) is 3.57. The SMILES string of the molecule is Cc1ccc(-c2cc(C(C)(C)C)cc(-c3ccc(C)cc3)c2N(c2ccccc2)c2ccc3ccc4c(N(c5ccccc5)c5c(-c6ccc(C)cc6)cc(C(C)(C)C)cc5-c5ccc(C)cc5)ccc5ccc2c3c54)cc1. The van der Waals surface area contributed by atoms with Crippen LogP contribution < -0.4 is 9.80 Å². The molecule has 0 amide bonds. The zero-order chi connectivity index (χ0) is 54.0. The Bertz CT molecular complexity index is 3730. The maximum Gasteiger partial charge on any atom is 0.0618 e. The molecule has 2 heteroatoms. The minimum Gasteiger partial charge on any atom is -0.309 e. The number of aryl methyl sites for hydroxylation is 4. The molecule has 0 aromatic heterocycles. The Labute approximate surface area is 462 Å². The molecule has 0 saturated heterocycles. The van der Waals surface area contributed by atoms with Crippen LogP contribution in [0.2, 0.25) is 0 Å². The van der Waals surface area contributed by atoms with E-state index in [1.807, 2.05) is 0 Å². The van der Waals surface area contributed by atoms with Crippen LogP contribution in [-0.2, 0) is 10.8 Å². The van der Waals surface area contributed by atoms with Crippen molar-refractivity contribution < 1.29 is 0 Å². The summed E-state index contributed by atoms with van der Waals surface area (Å²) in [6.45, 7) is 22.7. The summed E-state index contributed by atoms with van der Waals surface area (Å²) >= 11 is 0. The van der Waals surface area contributed by atoms with Gasteiger partial charge in [0, 0.05) is 44.4 Å². The van der Waals surface area contributed by atoms with E-state index in [0.29, 0.717) is 0 Å². The van der Waals surface area contributed by atoms with Crippen LogP contribution in [-0.4, -0.2) is 0 Å². The van der Waals surface area contributed by atoms with Crippen molar-refractivity contribution >= 4 is 66.4 Å². The van der Waals surface area contributed by atoms with Gasteiger partial charge in [-0.2, -0.15) is 0 Å². The standard InChI is InChI=1S/C76H68N2/c1-49-21-29-53(30-22-49)65-45-59(75(5,6)7)46-66(54-31-23-50(2)24-32-54)73(65)77(61-17-13-11-14-18-61)69-43-39-57-38-42-64-70(44-40-58-37-41-63(69)71(57)72(58)64)78(62-19-15-12-16-20-62)74-67(55-33-25-51(3)26-34-55)47-60(76(8,9)10)48-68(74)56-35-27-52(4)28-36-56/h11-48H,1-10H3. The zero-order valence-electron chi connectivity index (χ0n) is 46.8. The van der Waals surface area contributed by atoms with Gasteiger partial charge in [-0.1, -0.05) is 234 Å². The molecule has 2 nitrogen and oxygen atoms in total. The monoisotopic (exact) mass is 1010 g/mol. The van der Waals surface area contributed by atoms with E-state index in [2.05, 4.69) is 310 Å². The third-order valence-corrected chi connectivity index (χ3v) is 16.0. The Kier molecular flexibility index (Phi) is 12.7. The van der Waals surface area contributed by atoms with Crippen LogP contribution in [0, 0.1) is 27.7 Å². The summed E-state index contributed by atoms with van der Waals surface area (Å²) in [4.78, 5) is 5.11. The summed E-state index contributed by atoms with van der Waals surface area (Å²) < 4.78 is 0. The minimum atomic E-state index is -0.107. The van der Waals surface area contributed by atoms with Crippen LogP contribution in [0.15, 0.2) is 231 Å². The summed E-state index contributed by atoms with van der Waals surface area (Å²) in [6.07, 6.45) is 0. The minimum absolute atomic E-state index is 0.107. The first-order chi connectivity index (χ1) is 37.6. The molecule has 0 bridgehead atoms. The van der Waals surface area contributed by atoms with Gasteiger partial charge in [0.05, 0.1) is 22.7 Å². The highest BCUT2D eigenvalue weighted by Crippen LogP contribution is 2.54. The highest BCUT2D eigenvalue weighted by Gasteiger charge is 2.30. The third-order valence-electron chi connectivity index (χ3n) is 16.0. The van der Waals surface area contributed by atoms with Gasteiger partial charge in [0.25, 0.3) is 0 Å². The van der Waals surface area contributed by atoms with E-state index in [1.54, 1.807) is 0 Å². The van der Waals surface area contributed by atoms with Gasteiger partial charge in [0.2, 0.25) is 0 Å². The Morgan fingerprint density at radius 3 is 0.821 bits per heavy atom. The highest BCUT2D eigenvalue weighted by molar-refractivity contribution is 6.28. The van der Waals surface area contributed by atoms with Gasteiger partial charge in [-0.25, -0.2) is 0 Å². The number of para-hydroxylation sites is 2. The lowest BCUT2D eigenvalue weighted by molar-refractivity contribution is 0.590. The normalized spacial score (nSPS) is 12.0. The van der Waals surface area contributed by atoms with Crippen LogP contribution in [0.1, 0.15) is 74.9 Å². The molecular formula is C76H68N2. The molecule has 382 valence electrons. The Morgan fingerprint density at radius 2 is 0.551 bits per heavy atom. The lowest BCUT2D eigenvalue weighted by Crippen LogP contribution is -2.17. The van der Waals surface area contributed by atoms with Gasteiger partial charge < -0.3 is 9.80 Å². The van der Waals surface area contributed by atoms with E-state index in [0.717, 1.165) is 34.1 Å². The van der Waals surface area contributed by atoms with Gasteiger partial charge in [-0.3, -0.25) is 0 Å². The van der Waals surface area contributed by atoms with Crippen LogP contribution in [0.3, 0.4) is 0 Å². The van der Waals surface area contributed by atoms with Crippen molar-refractivity contribution in [3.05, 3.63) is 264 Å². The van der Waals surface area contributed by atoms with Crippen molar-refractivity contribution in [2.24, 2.45) is 0 Å². The lowest BCUT2D eigenvalue weighted by atomic mass is 9.81. The molecule has 0 fully saturated rings. The fourth-order valence-corrected chi connectivity index (χ4v) is 11.5. The second-order valence-corrected chi connectivity index (χ2v) is 23.7. The molecule has 12 aromatic carbocycles. The molecule has 0 saturated carbocycles. The maximum absolute atomic E-state index is 2.55. The van der Waals surface area contributed by atoms with Gasteiger partial charge in [-0.05, 0) is 154 Å². The van der Waals surface area contributed by atoms with Gasteiger partial charge in [0.15, 0.2) is 0 Å². The van der Waals surface area contributed by atoms with Crippen LogP contribution >= 0.6 is 0 Å². The molecular weight excluding hydrogens is 941 g/mol. The predicted octanol–water partition coefficient (Wildman–Crippen LogP) is 22.0. The first-order valence-electron chi connectivity index (χ1n) is 27.7. The summed E-state index contributed by atoms with van der Waals surface area (Å²) in [5.41, 5.74) is 23.6. The van der Waals surface area contributed by atoms with Gasteiger partial charge in [0.1, 0.15) is 0 Å². The Balaban J connectivity index is 1.18. The second kappa shape index (κ2) is 19.7. The van der Waals surface area contributed by atoms with E-state index in [-0.39, 0.29) is 10.8 Å². The molecule has 0 N–H and O–H groups in total. The van der Waals surface area contributed by atoms with E-state index in [4.69, 9.17) is 0 Å². The Hall–Kier alpha value is -8.72. The molecule has 0 aliphatic rings. The summed E-state index contributed by atoms with van der Waals surface area (Å²) in [6, 6.07) is 87.2. The van der Waals surface area contributed by atoms with Crippen molar-refractivity contribution in [2.75, 3.05) is 9.80 Å². The van der Waals surface area contributed by atoms with Crippen LogP contribution in [0.4, 0.5) is 34.1 Å². The number of hydrogen-bond acceptors (Lipinski definition) is 2. The lowest BCUT2D eigenvalue weighted by Gasteiger charge is -2.34. The molecule has 78 heavy (non-hydrogen) atoms. The number of anilines is 6. The summed E-state index contributed by atoms with van der Waals surface area (Å²) in [7, 11) is 0. The third kappa shape index (κ3) is 9.20. The van der Waals surface area contributed by atoms with Crippen molar-refractivity contribution in [3.63, 3.8) is 0 Å². The quantitative estimate of drug-likeness (QED) is 0.126. The van der Waals surface area contributed by atoms with E-state index in [9.17, 15) is 0 Å². The van der Waals surface area contributed by atoms with E-state index in [1.165, 1.54) is 110 Å². The largest absolute Gasteiger partial charge is 0.309 e. The number of benzene rings is 12. The molecule has 12 rings (SSSR count). The van der Waals surface area contributed by atoms with E-state index >= 15 is 0 Å². The fourth-order valence-electron chi connectivity index (χ4n) is 11.5. The van der Waals surface area contributed by atoms with Crippen LogP contribution in [0.25, 0.3) is 76.8 Å². The molecule has 0 heterocycles. The molecule has 0 aliphatic heterocycles. The molecule has 0 aliphatic carbocycles. The van der Waals surface area contributed by atoms with Crippen molar-refractivity contribution in [1.82, 2.24) is 0 Å². The first kappa shape index (κ1) is 50.1. The number of rotatable bonds is 10. The van der Waals surface area contributed by atoms with Crippen molar-refractivity contribution in [1.29, 1.82) is 0 Å². The zero-order valence-corrected chi connectivity index (χ0v) is 46.8. The van der Waals surface area contributed by atoms with Gasteiger partial charge >= 0.3 is 0 Å². The fraction of sp³-hybridized carbons (Fsp3) is 0.158. The number of nitrogens with zero attached hydrogens (tertiary/aromatic N) is 2. The molecule has 0 spiro atoms. The van der Waals surface area contributed by atoms with Crippen molar-refractivity contribution in [3.8, 4) is 44.5 Å². The van der Waals surface area contributed by atoms with Crippen molar-refractivity contribution in [2.45, 2.75) is 80.1 Å². The highest BCUT2D eigenvalue weighted by atomic mass is 15.2. The summed E-state index contributed by atoms with van der Waals surface area (Å²) in [5, 5.41) is 7.30. The molecule has 12 aromatic rings. The smallest absolute Gasteiger partial charge is 0.0618 e. The molecule has 0 unspecified atom stereocenters. The topological polar surface area (TPSA) is 6.48 Å². The van der Waals surface area contributed by atoms with Gasteiger partial charge in [-0.15, -0.1) is 0 Å². The predicted molar refractivity (Wildman–Crippen MR) is 338 cm³/mol. The molecule has 0 radical (unpaired) electrons. The molecule has 0 atom stereocenters. The van der Waals surface area contributed by atoms with E-state index < -0.39 is 0 Å². The Morgan fingerprint density at radius 1 is 0.282 bits per heavy atom. The maximum atomic E-state index is 2.55. The average molecular weight is 1010 g/mol. The van der Waals surface area contributed by atoms with Crippen LogP contribution in [0.5, 0.6) is 0 Å². The number of hydrogen-bond donors (Lipinski definition) is 0. The first-order valence-corrected chi connectivity index (χ1v) is 27.7. The summed E-state index contributed by atoms with van der Waals surface area (Å²) in [5.74, 6) is 0.